The molecule has 0 aliphatic carbocycles. The molecule has 0 bridgehead atoms. The second-order valence-electron chi connectivity index (χ2n) is 3.74. The van der Waals surface area contributed by atoms with E-state index in [0.717, 1.165) is 0 Å². The molecule has 0 fully saturated rings. The van der Waals surface area contributed by atoms with E-state index in [9.17, 15) is 14.7 Å². The van der Waals surface area contributed by atoms with Crippen LogP contribution >= 0.6 is 12.4 Å². The number of hydrogen-bond donors (Lipinski definition) is 3. The Kier molecular flexibility index (Phi) is 4.95. The van der Waals surface area contributed by atoms with Crippen molar-refractivity contribution in [3.63, 3.8) is 0 Å². The first-order chi connectivity index (χ1) is 9.06. The highest BCUT2D eigenvalue weighted by molar-refractivity contribution is 6.10. The molecule has 0 saturated heterocycles. The molecule has 1 heterocycles. The lowest BCUT2D eigenvalue weighted by atomic mass is 10.1. The maximum Gasteiger partial charge on any atom is 0.514 e. The quantitative estimate of drug-likeness (QED) is 0.585. The van der Waals surface area contributed by atoms with Crippen LogP contribution in [0.25, 0.3) is 10.9 Å². The van der Waals surface area contributed by atoms with Gasteiger partial charge in [0.05, 0.1) is 19.2 Å². The molecule has 0 amide bonds. The maximum atomic E-state index is 11.7. The third-order valence-electron chi connectivity index (χ3n) is 2.59. The number of halogens is 1. The Morgan fingerprint density at radius 3 is 2.70 bits per heavy atom. The Bertz CT molecular complexity index is 653. The fourth-order valence-corrected chi connectivity index (χ4v) is 1.72. The van der Waals surface area contributed by atoms with Gasteiger partial charge < -0.3 is 25.3 Å². The predicted octanol–water partition coefficient (Wildman–Crippen LogP) is 1.58. The zero-order valence-corrected chi connectivity index (χ0v) is 11.3. The number of carbonyl (C=O) groups is 2. The molecule has 0 atom stereocenters. The highest BCUT2D eigenvalue weighted by Crippen LogP contribution is 2.31. The Balaban J connectivity index is 0.00000200. The standard InChI is InChI=1S/C12H12N2O5.ClH/c1-18-12(17)19-10-4-7-6(9(16)5-13)2-3-8(15)11(7)14-10;/h2-4,14-15H,5,13H2,1H3;1H. The van der Waals surface area contributed by atoms with Crippen LogP contribution in [0.2, 0.25) is 0 Å². The van der Waals surface area contributed by atoms with Crippen LogP contribution in [0.1, 0.15) is 10.4 Å². The van der Waals surface area contributed by atoms with E-state index in [0.29, 0.717) is 16.5 Å². The number of nitrogens with two attached hydrogens (primary N) is 1. The minimum Gasteiger partial charge on any atom is -0.506 e. The number of methoxy groups -OCH3 is 1. The van der Waals surface area contributed by atoms with Crippen molar-refractivity contribution in [2.75, 3.05) is 13.7 Å². The van der Waals surface area contributed by atoms with E-state index in [4.69, 9.17) is 10.5 Å². The van der Waals surface area contributed by atoms with Gasteiger partial charge in [0, 0.05) is 17.0 Å². The van der Waals surface area contributed by atoms with Crippen molar-refractivity contribution < 1.29 is 24.2 Å². The van der Waals surface area contributed by atoms with Crippen LogP contribution in [0.4, 0.5) is 4.79 Å². The van der Waals surface area contributed by atoms with Crippen LogP contribution in [-0.2, 0) is 4.74 Å². The van der Waals surface area contributed by atoms with Crippen molar-refractivity contribution in [2.24, 2.45) is 5.73 Å². The first-order valence-electron chi connectivity index (χ1n) is 5.40. The molecule has 0 aliphatic heterocycles. The van der Waals surface area contributed by atoms with Crippen molar-refractivity contribution in [3.05, 3.63) is 23.8 Å². The van der Waals surface area contributed by atoms with Gasteiger partial charge in [-0.2, -0.15) is 0 Å². The first kappa shape index (κ1) is 15.8. The Morgan fingerprint density at radius 1 is 1.40 bits per heavy atom. The molecule has 2 aromatic rings. The lowest BCUT2D eigenvalue weighted by molar-refractivity contribution is 0.100. The topological polar surface area (TPSA) is 115 Å². The van der Waals surface area contributed by atoms with E-state index in [1.807, 2.05) is 0 Å². The van der Waals surface area contributed by atoms with E-state index < -0.39 is 6.16 Å². The van der Waals surface area contributed by atoms with Gasteiger partial charge in [0.1, 0.15) is 5.75 Å². The van der Waals surface area contributed by atoms with Crippen molar-refractivity contribution in [3.8, 4) is 11.6 Å². The fourth-order valence-electron chi connectivity index (χ4n) is 1.72. The molecule has 0 spiro atoms. The zero-order chi connectivity index (χ0) is 14.0. The molecule has 0 aliphatic rings. The number of rotatable bonds is 3. The summed E-state index contributed by atoms with van der Waals surface area (Å²) < 4.78 is 9.15. The number of aromatic hydroxyl groups is 1. The number of nitrogens with one attached hydrogen (secondary N) is 1. The van der Waals surface area contributed by atoms with Gasteiger partial charge in [0.25, 0.3) is 0 Å². The smallest absolute Gasteiger partial charge is 0.506 e. The summed E-state index contributed by atoms with van der Waals surface area (Å²) in [5.41, 5.74) is 5.94. The minimum atomic E-state index is -0.905. The Labute approximate surface area is 120 Å². The lowest BCUT2D eigenvalue weighted by Crippen LogP contribution is -2.13. The summed E-state index contributed by atoms with van der Waals surface area (Å²) in [4.78, 5) is 25.4. The number of aromatic nitrogens is 1. The SMILES string of the molecule is COC(=O)Oc1cc2c(C(=O)CN)ccc(O)c2[nH]1.Cl. The number of ketones is 1. The van der Waals surface area contributed by atoms with Crippen molar-refractivity contribution >= 4 is 35.2 Å². The van der Waals surface area contributed by atoms with Gasteiger partial charge in [-0.3, -0.25) is 4.79 Å². The number of aromatic amines is 1. The van der Waals surface area contributed by atoms with Gasteiger partial charge in [0.15, 0.2) is 5.78 Å². The monoisotopic (exact) mass is 300 g/mol. The molecule has 8 heteroatoms. The van der Waals surface area contributed by atoms with Gasteiger partial charge in [-0.25, -0.2) is 4.79 Å². The first-order valence-corrected chi connectivity index (χ1v) is 5.40. The largest absolute Gasteiger partial charge is 0.514 e. The average molecular weight is 301 g/mol. The maximum absolute atomic E-state index is 11.7. The number of phenolic OH excluding ortho intramolecular Hbond substituents is 1. The van der Waals surface area contributed by atoms with Crippen LogP contribution in [0.15, 0.2) is 18.2 Å². The van der Waals surface area contributed by atoms with Crippen molar-refractivity contribution in [1.29, 1.82) is 0 Å². The molecule has 0 saturated carbocycles. The zero-order valence-electron chi connectivity index (χ0n) is 10.5. The number of hydrogen-bond acceptors (Lipinski definition) is 6. The third-order valence-corrected chi connectivity index (χ3v) is 2.59. The number of phenols is 1. The molecule has 4 N–H and O–H groups in total. The number of benzene rings is 1. The van der Waals surface area contributed by atoms with Gasteiger partial charge in [0.2, 0.25) is 5.88 Å². The van der Waals surface area contributed by atoms with Crippen molar-refractivity contribution in [2.45, 2.75) is 0 Å². The van der Waals surface area contributed by atoms with Gasteiger partial charge in [-0.1, -0.05) is 0 Å². The van der Waals surface area contributed by atoms with E-state index >= 15 is 0 Å². The summed E-state index contributed by atoms with van der Waals surface area (Å²) in [5, 5.41) is 10.1. The van der Waals surface area contributed by atoms with Crippen LogP contribution < -0.4 is 10.5 Å². The summed E-state index contributed by atoms with van der Waals surface area (Å²) in [7, 11) is 1.17. The number of ether oxygens (including phenoxy) is 2. The van der Waals surface area contributed by atoms with Gasteiger partial charge >= 0.3 is 6.16 Å². The molecule has 7 nitrogen and oxygen atoms in total. The average Bonchev–Trinajstić information content (AvgIpc) is 2.82. The highest BCUT2D eigenvalue weighted by Gasteiger charge is 2.16. The van der Waals surface area contributed by atoms with Gasteiger partial charge in [-0.15, -0.1) is 12.4 Å². The van der Waals surface area contributed by atoms with Gasteiger partial charge in [-0.05, 0) is 12.1 Å². The molecule has 0 radical (unpaired) electrons. The normalized spacial score (nSPS) is 9.90. The minimum absolute atomic E-state index is 0. The molecule has 2 rings (SSSR count). The van der Waals surface area contributed by atoms with Crippen LogP contribution in [0.3, 0.4) is 0 Å². The summed E-state index contributed by atoms with van der Waals surface area (Å²) in [6.07, 6.45) is -0.905. The van der Waals surface area contributed by atoms with E-state index in [1.165, 1.54) is 25.3 Å². The van der Waals surface area contributed by atoms with Crippen LogP contribution in [0, 0.1) is 0 Å². The number of carbonyl (C=O) groups excluding carboxylic acids is 2. The predicted molar refractivity (Wildman–Crippen MR) is 73.6 cm³/mol. The van der Waals surface area contributed by atoms with Crippen LogP contribution in [0.5, 0.6) is 11.6 Å². The Hall–Kier alpha value is -2.25. The second kappa shape index (κ2) is 6.27. The molecule has 0 unspecified atom stereocenters. The molecule has 1 aromatic heterocycles. The molecule has 20 heavy (non-hydrogen) atoms. The summed E-state index contributed by atoms with van der Waals surface area (Å²) in [5.74, 6) is -0.286. The van der Waals surface area contributed by atoms with E-state index in [2.05, 4.69) is 9.72 Å². The summed E-state index contributed by atoms with van der Waals surface area (Å²) in [6, 6.07) is 4.25. The number of Topliss-reactive ketones (excluding diaryl/α,β-unsaturated/α-hetero) is 1. The number of H-pyrrole nitrogens is 1. The molecular formula is C12H13ClN2O5. The molecular weight excluding hydrogens is 288 g/mol. The third kappa shape index (κ3) is 2.84. The fraction of sp³-hybridized carbons (Fsp3) is 0.167. The molecule has 108 valence electrons. The lowest BCUT2D eigenvalue weighted by Gasteiger charge is -2.01. The Morgan fingerprint density at radius 2 is 2.10 bits per heavy atom. The summed E-state index contributed by atoms with van der Waals surface area (Å²) in [6.45, 7) is -0.155. The van der Waals surface area contributed by atoms with Crippen molar-refractivity contribution in [1.82, 2.24) is 4.98 Å². The van der Waals surface area contributed by atoms with Crippen LogP contribution in [-0.4, -0.2) is 35.7 Å². The highest BCUT2D eigenvalue weighted by atomic mass is 35.5. The van der Waals surface area contributed by atoms with E-state index in [-0.39, 0.29) is 36.4 Å². The van der Waals surface area contributed by atoms with E-state index in [1.54, 1.807) is 0 Å². The summed E-state index contributed by atoms with van der Waals surface area (Å²) >= 11 is 0. The molecule has 1 aromatic carbocycles. The number of fused-ring (bicyclic) bond motifs is 1. The second-order valence-corrected chi connectivity index (χ2v) is 3.74.